The first-order valence-corrected chi connectivity index (χ1v) is 9.27. The predicted octanol–water partition coefficient (Wildman–Crippen LogP) is 2.09. The molecule has 0 amide bonds. The van der Waals surface area contributed by atoms with Gasteiger partial charge in [-0.3, -0.25) is 4.72 Å². The molecule has 0 spiro atoms. The van der Waals surface area contributed by atoms with E-state index >= 15 is 0 Å². The number of aryl methyl sites for hydroxylation is 1. The van der Waals surface area contributed by atoms with Gasteiger partial charge in [0.2, 0.25) is 0 Å². The van der Waals surface area contributed by atoms with E-state index in [2.05, 4.69) is 25.1 Å². The van der Waals surface area contributed by atoms with E-state index in [-0.39, 0.29) is 10.7 Å². The molecule has 0 bridgehead atoms. The molecule has 1 aromatic heterocycles. The lowest BCUT2D eigenvalue weighted by Gasteiger charge is -2.11. The fourth-order valence-corrected chi connectivity index (χ4v) is 3.42. The Bertz CT molecular complexity index is 810. The summed E-state index contributed by atoms with van der Waals surface area (Å²) in [5, 5.41) is 10.9. The zero-order chi connectivity index (χ0) is 18.4. The molecule has 0 fully saturated rings. The van der Waals surface area contributed by atoms with Gasteiger partial charge in [-0.25, -0.2) is 12.8 Å². The van der Waals surface area contributed by atoms with E-state index in [0.29, 0.717) is 11.4 Å². The summed E-state index contributed by atoms with van der Waals surface area (Å²) < 4.78 is 40.2. The summed E-state index contributed by atoms with van der Waals surface area (Å²) in [7, 11) is 0.158. The molecule has 0 aliphatic carbocycles. The van der Waals surface area contributed by atoms with Gasteiger partial charge in [-0.2, -0.15) is 0 Å². The van der Waals surface area contributed by atoms with Crippen molar-refractivity contribution in [2.75, 3.05) is 37.2 Å². The van der Waals surface area contributed by atoms with Crippen molar-refractivity contribution < 1.29 is 12.8 Å². The summed E-state index contributed by atoms with van der Waals surface area (Å²) >= 11 is 0. The second kappa shape index (κ2) is 8.21. The zero-order valence-corrected chi connectivity index (χ0v) is 15.3. The van der Waals surface area contributed by atoms with Crippen molar-refractivity contribution in [2.24, 2.45) is 0 Å². The molecular weight excluding hydrogens is 345 g/mol. The van der Waals surface area contributed by atoms with Crippen LogP contribution in [0, 0.1) is 12.7 Å². The van der Waals surface area contributed by atoms with E-state index < -0.39 is 15.8 Å². The monoisotopic (exact) mass is 367 g/mol. The maximum absolute atomic E-state index is 13.1. The maximum atomic E-state index is 13.1. The second-order valence-corrected chi connectivity index (χ2v) is 7.55. The van der Waals surface area contributed by atoms with E-state index in [9.17, 15) is 12.8 Å². The highest BCUT2D eigenvalue weighted by molar-refractivity contribution is 7.92. The standard InChI is InChI=1S/C16H22FN5O2S/c1-12-11-13(17)5-6-14(12)25(23,24)21-16-8-7-15(19-20-16)18-9-4-10-22(2)3/h5-8,11H,4,9-10H2,1-3H3,(H,18,19)(H,20,21). The second-order valence-electron chi connectivity index (χ2n) is 5.90. The van der Waals surface area contributed by atoms with Gasteiger partial charge in [0.1, 0.15) is 11.6 Å². The minimum Gasteiger partial charge on any atom is -0.369 e. The molecule has 0 atom stereocenters. The van der Waals surface area contributed by atoms with Gasteiger partial charge in [0, 0.05) is 6.54 Å². The van der Waals surface area contributed by atoms with Gasteiger partial charge in [0.25, 0.3) is 10.0 Å². The van der Waals surface area contributed by atoms with E-state index in [1.54, 1.807) is 6.07 Å². The van der Waals surface area contributed by atoms with E-state index in [1.165, 1.54) is 25.1 Å². The number of nitrogens with zero attached hydrogens (tertiary/aromatic N) is 3. The summed E-state index contributed by atoms with van der Waals surface area (Å²) in [5.41, 5.74) is 0.319. The van der Waals surface area contributed by atoms with E-state index in [4.69, 9.17) is 0 Å². The fourth-order valence-electron chi connectivity index (χ4n) is 2.20. The summed E-state index contributed by atoms with van der Waals surface area (Å²) in [6.07, 6.45) is 0.951. The van der Waals surface area contributed by atoms with Crippen LogP contribution in [0.3, 0.4) is 0 Å². The molecule has 0 unspecified atom stereocenters. The van der Waals surface area contributed by atoms with Crippen LogP contribution in [0.5, 0.6) is 0 Å². The van der Waals surface area contributed by atoms with Crippen LogP contribution in [0.2, 0.25) is 0 Å². The molecule has 136 valence electrons. The zero-order valence-electron chi connectivity index (χ0n) is 14.5. The topological polar surface area (TPSA) is 87.2 Å². The lowest BCUT2D eigenvalue weighted by molar-refractivity contribution is 0.405. The van der Waals surface area contributed by atoms with Crippen molar-refractivity contribution >= 4 is 21.7 Å². The average molecular weight is 367 g/mol. The Balaban J connectivity index is 2.00. The molecule has 2 N–H and O–H groups in total. The molecule has 1 aromatic carbocycles. The number of rotatable bonds is 8. The quantitative estimate of drug-likeness (QED) is 0.695. The lowest BCUT2D eigenvalue weighted by Crippen LogP contribution is -2.17. The Labute approximate surface area is 147 Å². The first-order chi connectivity index (χ1) is 11.8. The molecule has 0 aliphatic rings. The first-order valence-electron chi connectivity index (χ1n) is 7.79. The van der Waals surface area contributed by atoms with Crippen molar-refractivity contribution in [3.8, 4) is 0 Å². The summed E-state index contributed by atoms with van der Waals surface area (Å²) in [6, 6.07) is 6.67. The minimum absolute atomic E-state index is 0.00147. The number of sulfonamides is 1. The molecule has 9 heteroatoms. The van der Waals surface area contributed by atoms with Gasteiger partial charge in [0.05, 0.1) is 4.90 Å². The summed E-state index contributed by atoms with van der Waals surface area (Å²) in [6.45, 7) is 3.23. The minimum atomic E-state index is -3.85. The van der Waals surface area contributed by atoms with Crippen LogP contribution >= 0.6 is 0 Å². The van der Waals surface area contributed by atoms with Gasteiger partial charge < -0.3 is 10.2 Å². The Morgan fingerprint density at radius 2 is 1.80 bits per heavy atom. The van der Waals surface area contributed by atoms with Crippen LogP contribution in [-0.4, -0.2) is 50.7 Å². The molecule has 7 nitrogen and oxygen atoms in total. The van der Waals surface area contributed by atoms with Crippen LogP contribution in [0.4, 0.5) is 16.0 Å². The molecule has 1 heterocycles. The van der Waals surface area contributed by atoms with Crippen LogP contribution in [0.15, 0.2) is 35.2 Å². The number of hydrogen-bond acceptors (Lipinski definition) is 6. The summed E-state index contributed by atoms with van der Waals surface area (Å²) in [5.74, 6) is 0.183. The Kier molecular flexibility index (Phi) is 6.27. The molecule has 0 saturated heterocycles. The molecule has 2 rings (SSSR count). The van der Waals surface area contributed by atoms with Crippen molar-refractivity contribution in [3.05, 3.63) is 41.7 Å². The van der Waals surface area contributed by atoms with Crippen LogP contribution in [0.25, 0.3) is 0 Å². The number of hydrogen-bond donors (Lipinski definition) is 2. The summed E-state index contributed by atoms with van der Waals surface area (Å²) in [4.78, 5) is 2.09. The SMILES string of the molecule is Cc1cc(F)ccc1S(=O)(=O)Nc1ccc(NCCCN(C)C)nn1. The fraction of sp³-hybridized carbons (Fsp3) is 0.375. The third-order valence-corrected chi connectivity index (χ3v) is 4.93. The van der Waals surface area contributed by atoms with Crippen molar-refractivity contribution in [2.45, 2.75) is 18.2 Å². The largest absolute Gasteiger partial charge is 0.369 e. The normalized spacial score (nSPS) is 11.6. The van der Waals surface area contributed by atoms with Crippen LogP contribution in [-0.2, 0) is 10.0 Å². The van der Waals surface area contributed by atoms with Gasteiger partial charge >= 0.3 is 0 Å². The third-order valence-electron chi connectivity index (χ3n) is 3.42. The Morgan fingerprint density at radius 3 is 2.40 bits per heavy atom. The molecule has 0 aliphatic heterocycles. The smallest absolute Gasteiger partial charge is 0.263 e. The molecule has 0 radical (unpaired) electrons. The Morgan fingerprint density at radius 1 is 1.12 bits per heavy atom. The number of halogens is 1. The van der Waals surface area contributed by atoms with Crippen molar-refractivity contribution in [1.82, 2.24) is 15.1 Å². The average Bonchev–Trinajstić information content (AvgIpc) is 2.52. The van der Waals surface area contributed by atoms with Gasteiger partial charge in [-0.1, -0.05) is 0 Å². The first kappa shape index (κ1) is 19.1. The maximum Gasteiger partial charge on any atom is 0.263 e. The van der Waals surface area contributed by atoms with E-state index in [0.717, 1.165) is 25.6 Å². The molecule has 25 heavy (non-hydrogen) atoms. The molecular formula is C16H22FN5O2S. The number of nitrogens with one attached hydrogen (secondary N) is 2. The highest BCUT2D eigenvalue weighted by atomic mass is 32.2. The van der Waals surface area contributed by atoms with Crippen LogP contribution in [0.1, 0.15) is 12.0 Å². The molecule has 0 saturated carbocycles. The number of anilines is 2. The van der Waals surface area contributed by atoms with Crippen molar-refractivity contribution in [1.29, 1.82) is 0 Å². The van der Waals surface area contributed by atoms with Crippen molar-refractivity contribution in [3.63, 3.8) is 0 Å². The van der Waals surface area contributed by atoms with E-state index in [1.807, 2.05) is 14.1 Å². The molecule has 2 aromatic rings. The van der Waals surface area contributed by atoms with Crippen LogP contribution < -0.4 is 10.0 Å². The Hall–Kier alpha value is -2.26. The third kappa shape index (κ3) is 5.64. The number of aromatic nitrogens is 2. The highest BCUT2D eigenvalue weighted by Crippen LogP contribution is 2.19. The van der Waals surface area contributed by atoms with Gasteiger partial charge in [0.15, 0.2) is 5.82 Å². The highest BCUT2D eigenvalue weighted by Gasteiger charge is 2.18. The number of benzene rings is 1. The predicted molar refractivity (Wildman–Crippen MR) is 95.6 cm³/mol. The van der Waals surface area contributed by atoms with Gasteiger partial charge in [-0.05, 0) is 69.9 Å². The van der Waals surface area contributed by atoms with Gasteiger partial charge in [-0.15, -0.1) is 10.2 Å². The lowest BCUT2D eigenvalue weighted by atomic mass is 10.2.